The Hall–Kier alpha value is -2.35. The maximum atomic E-state index is 12.1. The molecular formula is C16H13NO. The van der Waals surface area contributed by atoms with Gasteiger partial charge in [0, 0.05) is 11.8 Å². The van der Waals surface area contributed by atoms with Crippen molar-refractivity contribution in [2.24, 2.45) is 0 Å². The Morgan fingerprint density at radius 2 is 1.56 bits per heavy atom. The highest BCUT2D eigenvalue weighted by Crippen LogP contribution is 2.22. The second kappa shape index (κ2) is 4.49. The predicted molar refractivity (Wildman–Crippen MR) is 73.1 cm³/mol. The number of para-hydroxylation sites is 1. The molecule has 18 heavy (non-hydrogen) atoms. The van der Waals surface area contributed by atoms with Crippen LogP contribution in [0, 0.1) is 0 Å². The first-order valence-electron chi connectivity index (χ1n) is 5.97. The Morgan fingerprint density at radius 3 is 2.39 bits per heavy atom. The summed E-state index contributed by atoms with van der Waals surface area (Å²) in [7, 11) is 0. The van der Waals surface area contributed by atoms with Crippen molar-refractivity contribution in [2.75, 3.05) is 4.90 Å². The molecule has 0 spiro atoms. The number of carbonyl (C=O) groups is 1. The molecular weight excluding hydrogens is 222 g/mol. The van der Waals surface area contributed by atoms with Gasteiger partial charge < -0.3 is 4.90 Å². The first-order valence-corrected chi connectivity index (χ1v) is 5.97. The minimum atomic E-state index is 0.0254. The van der Waals surface area contributed by atoms with Gasteiger partial charge in [0.25, 0.3) is 5.91 Å². The molecule has 88 valence electrons. The molecule has 0 unspecified atom stereocenters. The summed E-state index contributed by atoms with van der Waals surface area (Å²) in [6.07, 6.45) is 3.53. The molecule has 1 heterocycles. The van der Waals surface area contributed by atoms with Gasteiger partial charge in [0.15, 0.2) is 0 Å². The third-order valence-electron chi connectivity index (χ3n) is 3.12. The summed E-state index contributed by atoms with van der Waals surface area (Å²) in [5, 5.41) is 0. The van der Waals surface area contributed by atoms with Gasteiger partial charge in [0.1, 0.15) is 0 Å². The van der Waals surface area contributed by atoms with Crippen molar-refractivity contribution in [1.82, 2.24) is 0 Å². The van der Waals surface area contributed by atoms with Gasteiger partial charge >= 0.3 is 0 Å². The van der Waals surface area contributed by atoms with Crippen molar-refractivity contribution in [1.29, 1.82) is 0 Å². The van der Waals surface area contributed by atoms with Crippen molar-refractivity contribution >= 4 is 17.7 Å². The van der Waals surface area contributed by atoms with Crippen LogP contribution in [0.4, 0.5) is 5.69 Å². The van der Waals surface area contributed by atoms with E-state index >= 15 is 0 Å². The van der Waals surface area contributed by atoms with E-state index in [0.717, 1.165) is 11.3 Å². The molecule has 1 aliphatic heterocycles. The van der Waals surface area contributed by atoms with Gasteiger partial charge in [-0.3, -0.25) is 4.79 Å². The predicted octanol–water partition coefficient (Wildman–Crippen LogP) is 3.25. The van der Waals surface area contributed by atoms with Crippen LogP contribution in [0.25, 0.3) is 6.08 Å². The van der Waals surface area contributed by atoms with E-state index in [0.29, 0.717) is 6.54 Å². The fourth-order valence-corrected chi connectivity index (χ4v) is 2.17. The zero-order valence-corrected chi connectivity index (χ0v) is 9.91. The second-order valence-electron chi connectivity index (χ2n) is 4.29. The molecule has 2 aromatic rings. The summed E-state index contributed by atoms with van der Waals surface area (Å²) in [5.41, 5.74) is 3.22. The maximum absolute atomic E-state index is 12.1. The van der Waals surface area contributed by atoms with Crippen LogP contribution in [0.15, 0.2) is 60.7 Å². The molecule has 1 amide bonds. The van der Waals surface area contributed by atoms with Crippen LogP contribution in [0.3, 0.4) is 0 Å². The van der Waals surface area contributed by atoms with Crippen LogP contribution < -0.4 is 4.90 Å². The van der Waals surface area contributed by atoms with Crippen LogP contribution >= 0.6 is 0 Å². The average molecular weight is 235 g/mol. The minimum absolute atomic E-state index is 0.0254. The molecule has 0 bridgehead atoms. The number of hydrogen-bond acceptors (Lipinski definition) is 1. The van der Waals surface area contributed by atoms with Gasteiger partial charge in [-0.15, -0.1) is 0 Å². The van der Waals surface area contributed by atoms with Gasteiger partial charge in [0.2, 0.25) is 0 Å². The maximum Gasteiger partial charge on any atom is 0.251 e. The summed E-state index contributed by atoms with van der Waals surface area (Å²) in [5.74, 6) is 0.0254. The molecule has 0 aliphatic carbocycles. The van der Waals surface area contributed by atoms with Gasteiger partial charge in [-0.25, -0.2) is 0 Å². The number of nitrogens with zero attached hydrogens (tertiary/aromatic N) is 1. The van der Waals surface area contributed by atoms with Crippen LogP contribution in [0.1, 0.15) is 11.1 Å². The first kappa shape index (κ1) is 10.8. The molecule has 0 aromatic heterocycles. The van der Waals surface area contributed by atoms with Gasteiger partial charge in [-0.05, 0) is 29.3 Å². The lowest BCUT2D eigenvalue weighted by Crippen LogP contribution is -2.27. The Morgan fingerprint density at radius 1 is 0.833 bits per heavy atom. The molecule has 0 saturated carbocycles. The van der Waals surface area contributed by atoms with E-state index in [-0.39, 0.29) is 5.91 Å². The summed E-state index contributed by atoms with van der Waals surface area (Å²) in [4.78, 5) is 13.9. The fraction of sp³-hybridized carbons (Fsp3) is 0.0625. The lowest BCUT2D eigenvalue weighted by molar-refractivity contribution is -0.114. The largest absolute Gasteiger partial charge is 0.304 e. The quantitative estimate of drug-likeness (QED) is 0.743. The monoisotopic (exact) mass is 235 g/mol. The molecule has 0 radical (unpaired) electrons. The lowest BCUT2D eigenvalue weighted by atomic mass is 10.1. The van der Waals surface area contributed by atoms with Crippen molar-refractivity contribution in [3.05, 3.63) is 71.8 Å². The van der Waals surface area contributed by atoms with Crippen LogP contribution in [-0.4, -0.2) is 5.91 Å². The van der Waals surface area contributed by atoms with Crippen molar-refractivity contribution in [3.8, 4) is 0 Å². The fourth-order valence-electron chi connectivity index (χ4n) is 2.17. The molecule has 2 aromatic carbocycles. The summed E-state index contributed by atoms with van der Waals surface area (Å²) in [6.45, 7) is 0.617. The van der Waals surface area contributed by atoms with Crippen LogP contribution in [-0.2, 0) is 11.3 Å². The molecule has 0 fully saturated rings. The third kappa shape index (κ3) is 1.93. The van der Waals surface area contributed by atoms with E-state index in [1.807, 2.05) is 54.6 Å². The summed E-state index contributed by atoms with van der Waals surface area (Å²) < 4.78 is 0. The van der Waals surface area contributed by atoms with Gasteiger partial charge in [-0.2, -0.15) is 0 Å². The molecule has 2 heteroatoms. The second-order valence-corrected chi connectivity index (χ2v) is 4.29. The zero-order chi connectivity index (χ0) is 12.4. The van der Waals surface area contributed by atoms with Crippen molar-refractivity contribution < 1.29 is 4.79 Å². The number of anilines is 1. The molecule has 2 nitrogen and oxygen atoms in total. The first-order chi connectivity index (χ1) is 8.84. The number of hydrogen-bond donors (Lipinski definition) is 0. The number of fused-ring (bicyclic) bond motifs is 1. The highest BCUT2D eigenvalue weighted by atomic mass is 16.2. The SMILES string of the molecule is O=C1C=Cc2ccccc2CN1c1ccccc1. The van der Waals surface area contributed by atoms with E-state index in [2.05, 4.69) is 6.07 Å². The Bertz CT molecular complexity index is 602. The third-order valence-corrected chi connectivity index (χ3v) is 3.12. The van der Waals surface area contributed by atoms with E-state index in [1.165, 1.54) is 5.56 Å². The molecule has 0 N–H and O–H groups in total. The summed E-state index contributed by atoms with van der Waals surface area (Å²) >= 11 is 0. The minimum Gasteiger partial charge on any atom is -0.304 e. The van der Waals surface area contributed by atoms with E-state index in [4.69, 9.17) is 0 Å². The Kier molecular flexibility index (Phi) is 2.69. The highest BCUT2D eigenvalue weighted by Gasteiger charge is 2.17. The molecule has 1 aliphatic rings. The van der Waals surface area contributed by atoms with Gasteiger partial charge in [0.05, 0.1) is 6.54 Å². The smallest absolute Gasteiger partial charge is 0.251 e. The zero-order valence-electron chi connectivity index (χ0n) is 9.91. The number of amides is 1. The average Bonchev–Trinajstić information content (AvgIpc) is 2.60. The van der Waals surface area contributed by atoms with Crippen LogP contribution in [0.5, 0.6) is 0 Å². The topological polar surface area (TPSA) is 20.3 Å². The van der Waals surface area contributed by atoms with E-state index in [9.17, 15) is 4.79 Å². The number of benzene rings is 2. The van der Waals surface area contributed by atoms with E-state index < -0.39 is 0 Å². The molecule has 3 rings (SSSR count). The number of carbonyl (C=O) groups excluding carboxylic acids is 1. The Labute approximate surface area is 106 Å². The molecule has 0 saturated heterocycles. The van der Waals surface area contributed by atoms with Crippen molar-refractivity contribution in [2.45, 2.75) is 6.54 Å². The highest BCUT2D eigenvalue weighted by molar-refractivity contribution is 6.04. The van der Waals surface area contributed by atoms with E-state index in [1.54, 1.807) is 11.0 Å². The summed E-state index contributed by atoms with van der Waals surface area (Å²) in [6, 6.07) is 17.9. The Balaban J connectivity index is 2.03. The molecule has 0 atom stereocenters. The standard InChI is InChI=1S/C16H13NO/c18-16-11-10-13-6-4-5-7-14(13)12-17(16)15-8-2-1-3-9-15/h1-11H,12H2. The van der Waals surface area contributed by atoms with Crippen LogP contribution in [0.2, 0.25) is 0 Å². The van der Waals surface area contributed by atoms with Gasteiger partial charge in [-0.1, -0.05) is 42.5 Å². The lowest BCUT2D eigenvalue weighted by Gasteiger charge is -2.20. The van der Waals surface area contributed by atoms with Crippen molar-refractivity contribution in [3.63, 3.8) is 0 Å². The number of rotatable bonds is 1. The normalized spacial score (nSPS) is 14.2.